The fourth-order valence-corrected chi connectivity index (χ4v) is 7.18. The zero-order valence-electron chi connectivity index (χ0n) is 23.3. The Hall–Kier alpha value is -5.62. The molecule has 1 atom stereocenters. The first-order chi connectivity index (χ1) is 21.3. The van der Waals surface area contributed by atoms with Crippen molar-refractivity contribution in [2.45, 2.75) is 6.42 Å². The van der Waals surface area contributed by atoms with Crippen LogP contribution in [0.15, 0.2) is 139 Å². The molecule has 5 heteroatoms. The predicted octanol–water partition coefficient (Wildman–Crippen LogP) is 10.4. The molecule has 0 aliphatic carbocycles. The third kappa shape index (κ3) is 4.73. The molecule has 7 rings (SSSR count). The summed E-state index contributed by atoms with van der Waals surface area (Å²) in [6.45, 7) is 0. The SMILES string of the molecule is N#C/C=C(/CC(C#N)/C=C/n1c2ccccc2c2c3sc4ccccc4c3ccc21)N(c1ccccc1)c1ccccc1. The van der Waals surface area contributed by atoms with Gasteiger partial charge in [0.25, 0.3) is 0 Å². The van der Waals surface area contributed by atoms with Crippen LogP contribution in [0.1, 0.15) is 6.42 Å². The first-order valence-corrected chi connectivity index (χ1v) is 15.0. The van der Waals surface area contributed by atoms with E-state index in [-0.39, 0.29) is 0 Å². The molecule has 1 unspecified atom stereocenters. The summed E-state index contributed by atoms with van der Waals surface area (Å²) in [4.78, 5) is 2.06. The highest BCUT2D eigenvalue weighted by atomic mass is 32.1. The van der Waals surface area contributed by atoms with Crippen LogP contribution in [0, 0.1) is 28.6 Å². The monoisotopic (exact) mass is 570 g/mol. The molecule has 0 spiro atoms. The van der Waals surface area contributed by atoms with Crippen LogP contribution in [0.5, 0.6) is 0 Å². The van der Waals surface area contributed by atoms with E-state index in [1.54, 1.807) is 6.08 Å². The van der Waals surface area contributed by atoms with Gasteiger partial charge < -0.3 is 9.47 Å². The Bertz CT molecular complexity index is 2200. The van der Waals surface area contributed by atoms with Crippen molar-refractivity contribution in [1.29, 1.82) is 10.5 Å². The fourth-order valence-electron chi connectivity index (χ4n) is 5.92. The summed E-state index contributed by atoms with van der Waals surface area (Å²) in [5.41, 5.74) is 4.83. The molecule has 7 aromatic rings. The highest BCUT2D eigenvalue weighted by Gasteiger charge is 2.19. The normalized spacial score (nSPS) is 12.7. The number of thiophene rings is 1. The number of hydrogen-bond acceptors (Lipinski definition) is 4. The molecule has 2 heterocycles. The number of anilines is 2. The number of hydrogen-bond donors (Lipinski definition) is 0. The van der Waals surface area contributed by atoms with E-state index in [1.807, 2.05) is 84.3 Å². The van der Waals surface area contributed by atoms with Crippen molar-refractivity contribution in [2.24, 2.45) is 5.92 Å². The number of nitrogens with zero attached hydrogens (tertiary/aromatic N) is 4. The first-order valence-electron chi connectivity index (χ1n) is 14.2. The summed E-state index contributed by atoms with van der Waals surface area (Å²) < 4.78 is 4.75. The summed E-state index contributed by atoms with van der Waals surface area (Å²) in [5.74, 6) is -0.459. The van der Waals surface area contributed by atoms with Gasteiger partial charge in [-0.15, -0.1) is 11.3 Å². The van der Waals surface area contributed by atoms with Crippen LogP contribution in [-0.4, -0.2) is 4.57 Å². The smallest absolute Gasteiger partial charge is 0.0930 e. The number of benzene rings is 5. The highest BCUT2D eigenvalue weighted by molar-refractivity contribution is 7.26. The zero-order valence-corrected chi connectivity index (χ0v) is 24.1. The van der Waals surface area contributed by atoms with Crippen LogP contribution in [0.4, 0.5) is 11.4 Å². The van der Waals surface area contributed by atoms with Crippen molar-refractivity contribution in [3.05, 3.63) is 139 Å². The van der Waals surface area contributed by atoms with Gasteiger partial charge in [0.1, 0.15) is 0 Å². The summed E-state index contributed by atoms with van der Waals surface area (Å²) in [6.07, 6.45) is 5.91. The molecule has 0 bridgehead atoms. The molecular formula is C38H26N4S. The van der Waals surface area contributed by atoms with Gasteiger partial charge >= 0.3 is 0 Å². The molecule has 0 radical (unpaired) electrons. The fraction of sp³-hybridized carbons (Fsp3) is 0.0526. The van der Waals surface area contributed by atoms with Gasteiger partial charge in [-0.2, -0.15) is 10.5 Å². The molecule has 43 heavy (non-hydrogen) atoms. The third-order valence-electron chi connectivity index (χ3n) is 7.83. The maximum absolute atomic E-state index is 10.3. The average Bonchev–Trinajstić information content (AvgIpc) is 3.60. The van der Waals surface area contributed by atoms with E-state index in [1.165, 1.54) is 30.9 Å². The largest absolute Gasteiger partial charge is 0.316 e. The van der Waals surface area contributed by atoms with Crippen molar-refractivity contribution in [2.75, 3.05) is 4.90 Å². The van der Waals surface area contributed by atoms with Gasteiger partial charge in [0.05, 0.1) is 29.1 Å². The second kappa shape index (κ2) is 11.3. The summed E-state index contributed by atoms with van der Waals surface area (Å²) >= 11 is 1.83. The van der Waals surface area contributed by atoms with Crippen molar-refractivity contribution in [3.63, 3.8) is 0 Å². The first kappa shape index (κ1) is 26.3. The van der Waals surface area contributed by atoms with Crippen molar-refractivity contribution in [1.82, 2.24) is 4.57 Å². The molecule has 2 aromatic heterocycles. The predicted molar refractivity (Wildman–Crippen MR) is 180 cm³/mol. The van der Waals surface area contributed by atoms with Crippen molar-refractivity contribution in [3.8, 4) is 12.1 Å². The molecule has 4 nitrogen and oxygen atoms in total. The average molecular weight is 571 g/mol. The second-order valence-corrected chi connectivity index (χ2v) is 11.4. The molecule has 0 saturated heterocycles. The maximum Gasteiger partial charge on any atom is 0.0930 e. The highest BCUT2D eigenvalue weighted by Crippen LogP contribution is 2.42. The molecule has 0 aliphatic rings. The van der Waals surface area contributed by atoms with Crippen LogP contribution < -0.4 is 4.90 Å². The van der Waals surface area contributed by atoms with Gasteiger partial charge in [0, 0.05) is 66.7 Å². The van der Waals surface area contributed by atoms with Gasteiger partial charge in [0.2, 0.25) is 0 Å². The molecule has 5 aromatic carbocycles. The van der Waals surface area contributed by atoms with E-state index < -0.39 is 5.92 Å². The lowest BCUT2D eigenvalue weighted by Gasteiger charge is -2.28. The number of rotatable bonds is 7. The zero-order chi connectivity index (χ0) is 29.2. The lowest BCUT2D eigenvalue weighted by atomic mass is 10.0. The Morgan fingerprint density at radius 1 is 0.721 bits per heavy atom. The van der Waals surface area contributed by atoms with Crippen molar-refractivity contribution < 1.29 is 0 Å². The van der Waals surface area contributed by atoms with E-state index >= 15 is 0 Å². The van der Waals surface area contributed by atoms with Crippen LogP contribution in [-0.2, 0) is 0 Å². The topological polar surface area (TPSA) is 55.8 Å². The van der Waals surface area contributed by atoms with Crippen LogP contribution in [0.2, 0.25) is 0 Å². The molecule has 0 saturated carbocycles. The molecule has 204 valence electrons. The van der Waals surface area contributed by atoms with Crippen LogP contribution >= 0.6 is 11.3 Å². The van der Waals surface area contributed by atoms with Gasteiger partial charge in [0.15, 0.2) is 0 Å². The third-order valence-corrected chi connectivity index (χ3v) is 9.03. The molecular weight excluding hydrogens is 545 g/mol. The summed E-state index contributed by atoms with van der Waals surface area (Å²) in [7, 11) is 0. The maximum atomic E-state index is 10.3. The number of aromatic nitrogens is 1. The Kier molecular flexibility index (Phi) is 6.93. The van der Waals surface area contributed by atoms with E-state index in [4.69, 9.17) is 0 Å². The minimum absolute atomic E-state index is 0.377. The van der Waals surface area contributed by atoms with E-state index in [2.05, 4.69) is 82.3 Å². The number of para-hydroxylation sites is 3. The van der Waals surface area contributed by atoms with Crippen LogP contribution in [0.3, 0.4) is 0 Å². The minimum Gasteiger partial charge on any atom is -0.316 e. The Balaban J connectivity index is 1.31. The number of allylic oxidation sites excluding steroid dienone is 3. The van der Waals surface area contributed by atoms with E-state index in [0.717, 1.165) is 28.1 Å². The lowest BCUT2D eigenvalue weighted by molar-refractivity contribution is 0.791. The Morgan fingerprint density at radius 2 is 1.37 bits per heavy atom. The Morgan fingerprint density at radius 3 is 2.07 bits per heavy atom. The van der Waals surface area contributed by atoms with Gasteiger partial charge in [-0.3, -0.25) is 0 Å². The molecule has 0 N–H and O–H groups in total. The number of fused-ring (bicyclic) bond motifs is 7. The van der Waals surface area contributed by atoms with E-state index in [9.17, 15) is 10.5 Å². The van der Waals surface area contributed by atoms with Gasteiger partial charge in [-0.1, -0.05) is 84.9 Å². The molecule has 0 fully saturated rings. The molecule has 0 amide bonds. The summed E-state index contributed by atoms with van der Waals surface area (Å²) in [5, 5.41) is 25.0. The van der Waals surface area contributed by atoms with Crippen LogP contribution in [0.25, 0.3) is 48.2 Å². The quantitative estimate of drug-likeness (QED) is 0.179. The van der Waals surface area contributed by atoms with Gasteiger partial charge in [-0.25, -0.2) is 0 Å². The standard InChI is InChI=1S/C38H26N4S/c39-23-21-30(42(28-11-3-1-4-12-28)29-13-5-2-6-14-29)25-27(26-40)22-24-41-34-17-9-7-16-33(34)37-35(41)20-19-32-31-15-8-10-18-36(31)43-38(32)37/h1-22,24,27H,25H2/b24-22+,30-21-. The molecule has 0 aliphatic heterocycles. The number of nitriles is 2. The second-order valence-electron chi connectivity index (χ2n) is 10.4. The van der Waals surface area contributed by atoms with Gasteiger partial charge in [-0.05, 0) is 42.5 Å². The Labute approximate surface area is 253 Å². The van der Waals surface area contributed by atoms with Crippen molar-refractivity contribution >= 4 is 70.9 Å². The summed E-state index contributed by atoms with van der Waals surface area (Å²) in [6, 6.07) is 46.0. The van der Waals surface area contributed by atoms with E-state index in [0.29, 0.717) is 6.42 Å². The lowest BCUT2D eigenvalue weighted by Crippen LogP contribution is -2.18. The minimum atomic E-state index is -0.459.